The number of hydrogen-bond acceptors (Lipinski definition) is 7. The molecule has 0 saturated heterocycles. The number of pyridine rings is 2. The van der Waals surface area contributed by atoms with Gasteiger partial charge in [0.15, 0.2) is 15.0 Å². The van der Waals surface area contributed by atoms with Crippen LogP contribution in [0.5, 0.6) is 0 Å². The molecule has 1 N–H and O–H groups in total. The van der Waals surface area contributed by atoms with E-state index in [1.807, 2.05) is 30.3 Å². The zero-order valence-electron chi connectivity index (χ0n) is 18.4. The van der Waals surface area contributed by atoms with Gasteiger partial charge < -0.3 is 5.32 Å². The number of rotatable bonds is 6. The summed E-state index contributed by atoms with van der Waals surface area (Å²) in [5.41, 5.74) is 3.26. The van der Waals surface area contributed by atoms with E-state index in [1.54, 1.807) is 31.5 Å². The second-order valence-corrected chi connectivity index (χ2v) is 10.8. The van der Waals surface area contributed by atoms with Gasteiger partial charge in [-0.25, -0.2) is 27.2 Å². The first-order chi connectivity index (χ1) is 16.8. The molecule has 35 heavy (non-hydrogen) atoms. The summed E-state index contributed by atoms with van der Waals surface area (Å²) < 4.78 is 54.1. The zero-order chi connectivity index (χ0) is 24.6. The zero-order valence-corrected chi connectivity index (χ0v) is 20.0. The molecular formula is C25H18F2N4O2S2. The summed E-state index contributed by atoms with van der Waals surface area (Å²) >= 11 is 1.51. The van der Waals surface area contributed by atoms with Gasteiger partial charge >= 0.3 is 0 Å². The van der Waals surface area contributed by atoms with E-state index in [-0.39, 0.29) is 0 Å². The van der Waals surface area contributed by atoms with Crippen LogP contribution in [0.2, 0.25) is 0 Å². The van der Waals surface area contributed by atoms with Crippen molar-refractivity contribution >= 4 is 42.3 Å². The lowest BCUT2D eigenvalue weighted by molar-refractivity contribution is 0.548. The van der Waals surface area contributed by atoms with Crippen LogP contribution in [0.4, 0.5) is 19.7 Å². The number of nitrogens with one attached hydrogen (secondary N) is 1. The van der Waals surface area contributed by atoms with Crippen LogP contribution in [0.3, 0.4) is 0 Å². The van der Waals surface area contributed by atoms with Crippen molar-refractivity contribution in [1.29, 1.82) is 0 Å². The Kier molecular flexibility index (Phi) is 6.00. The minimum atomic E-state index is -4.06. The van der Waals surface area contributed by atoms with Crippen molar-refractivity contribution in [3.05, 3.63) is 95.9 Å². The maximum atomic E-state index is 14.1. The molecule has 0 saturated carbocycles. The Bertz CT molecular complexity index is 1640. The molecule has 0 aliphatic rings. The van der Waals surface area contributed by atoms with Crippen molar-refractivity contribution in [2.75, 3.05) is 5.32 Å². The van der Waals surface area contributed by atoms with E-state index >= 15 is 0 Å². The summed E-state index contributed by atoms with van der Waals surface area (Å²) in [6.45, 7) is 1.68. The Labute approximate surface area is 204 Å². The molecular weight excluding hydrogens is 490 g/mol. The molecule has 0 atom stereocenters. The van der Waals surface area contributed by atoms with Crippen molar-refractivity contribution in [2.45, 2.75) is 17.6 Å². The Morgan fingerprint density at radius 2 is 1.80 bits per heavy atom. The van der Waals surface area contributed by atoms with Gasteiger partial charge in [-0.1, -0.05) is 23.5 Å². The molecule has 5 rings (SSSR count). The Morgan fingerprint density at radius 1 is 0.971 bits per heavy atom. The number of hydrogen-bond donors (Lipinski definition) is 1. The van der Waals surface area contributed by atoms with Gasteiger partial charge in [0.05, 0.1) is 16.0 Å². The monoisotopic (exact) mass is 508 g/mol. The Hall–Kier alpha value is -3.76. The SMILES string of the molecule is Cc1ncc(-c2ccnc(Nc3nc4ccccc4s3)c2)cc1CS(=O)(=O)c1ccc(F)cc1F. The smallest absolute Gasteiger partial charge is 0.189 e. The fourth-order valence-electron chi connectivity index (χ4n) is 3.61. The van der Waals surface area contributed by atoms with Crippen LogP contribution < -0.4 is 5.32 Å². The third kappa shape index (κ3) is 4.89. The van der Waals surface area contributed by atoms with Crippen LogP contribution in [-0.4, -0.2) is 23.4 Å². The fraction of sp³-hybridized carbons (Fsp3) is 0.0800. The lowest BCUT2D eigenvalue weighted by Gasteiger charge is -2.11. The first-order valence-corrected chi connectivity index (χ1v) is 13.0. The van der Waals surface area contributed by atoms with E-state index in [2.05, 4.69) is 20.3 Å². The van der Waals surface area contributed by atoms with Crippen LogP contribution >= 0.6 is 11.3 Å². The van der Waals surface area contributed by atoms with Crippen LogP contribution in [0.25, 0.3) is 21.3 Å². The van der Waals surface area contributed by atoms with Crippen molar-refractivity contribution in [2.24, 2.45) is 0 Å². The first kappa shape index (κ1) is 23.0. The molecule has 0 aliphatic heterocycles. The Morgan fingerprint density at radius 3 is 2.60 bits per heavy atom. The molecule has 176 valence electrons. The summed E-state index contributed by atoms with van der Waals surface area (Å²) in [4.78, 5) is 12.7. The van der Waals surface area contributed by atoms with Gasteiger partial charge in [0.1, 0.15) is 22.3 Å². The number of sulfone groups is 1. The summed E-state index contributed by atoms with van der Waals surface area (Å²) in [7, 11) is -4.06. The topological polar surface area (TPSA) is 84.8 Å². The number of para-hydroxylation sites is 1. The lowest BCUT2D eigenvalue weighted by Crippen LogP contribution is -2.09. The van der Waals surface area contributed by atoms with E-state index < -0.39 is 32.1 Å². The highest BCUT2D eigenvalue weighted by molar-refractivity contribution is 7.90. The van der Waals surface area contributed by atoms with Crippen LogP contribution in [-0.2, 0) is 15.6 Å². The van der Waals surface area contributed by atoms with Crippen LogP contribution in [0, 0.1) is 18.6 Å². The van der Waals surface area contributed by atoms with Gasteiger partial charge in [-0.05, 0) is 60.5 Å². The van der Waals surface area contributed by atoms with E-state index in [9.17, 15) is 17.2 Å². The average molecular weight is 509 g/mol. The first-order valence-electron chi connectivity index (χ1n) is 10.5. The molecule has 0 bridgehead atoms. The van der Waals surface area contributed by atoms with Crippen LogP contribution in [0.15, 0.2) is 78.0 Å². The molecule has 5 aromatic rings. The van der Waals surface area contributed by atoms with E-state index in [4.69, 9.17) is 0 Å². The molecule has 0 unspecified atom stereocenters. The average Bonchev–Trinajstić information content (AvgIpc) is 3.22. The number of halogens is 2. The van der Waals surface area contributed by atoms with Crippen molar-refractivity contribution in [3.8, 4) is 11.1 Å². The summed E-state index contributed by atoms with van der Waals surface area (Å²) in [6, 6.07) is 15.5. The number of aromatic nitrogens is 3. The highest BCUT2D eigenvalue weighted by atomic mass is 32.2. The molecule has 3 heterocycles. The van der Waals surface area contributed by atoms with Gasteiger partial charge in [-0.2, -0.15) is 0 Å². The highest BCUT2D eigenvalue weighted by Crippen LogP contribution is 2.30. The van der Waals surface area contributed by atoms with Gasteiger partial charge in [-0.15, -0.1) is 0 Å². The van der Waals surface area contributed by atoms with Crippen LogP contribution in [0.1, 0.15) is 11.3 Å². The summed E-state index contributed by atoms with van der Waals surface area (Å²) in [5, 5.41) is 3.91. The molecule has 6 nitrogen and oxygen atoms in total. The number of anilines is 2. The minimum absolute atomic E-state index is 0.420. The Balaban J connectivity index is 1.43. The third-order valence-electron chi connectivity index (χ3n) is 5.39. The second-order valence-electron chi connectivity index (χ2n) is 7.84. The maximum absolute atomic E-state index is 14.1. The molecule has 3 aromatic heterocycles. The van der Waals surface area contributed by atoms with Gasteiger partial charge in [0, 0.05) is 29.7 Å². The third-order valence-corrected chi connectivity index (χ3v) is 8.03. The summed E-state index contributed by atoms with van der Waals surface area (Å²) in [6.07, 6.45) is 3.27. The predicted molar refractivity (Wildman–Crippen MR) is 132 cm³/mol. The maximum Gasteiger partial charge on any atom is 0.189 e. The van der Waals surface area contributed by atoms with Crippen molar-refractivity contribution in [3.63, 3.8) is 0 Å². The van der Waals surface area contributed by atoms with Crippen molar-refractivity contribution in [1.82, 2.24) is 15.0 Å². The van der Waals surface area contributed by atoms with E-state index in [0.717, 1.165) is 27.9 Å². The number of aryl methyl sites for hydroxylation is 1. The molecule has 0 amide bonds. The molecule has 0 spiro atoms. The highest BCUT2D eigenvalue weighted by Gasteiger charge is 2.22. The second kappa shape index (κ2) is 9.12. The number of fused-ring (bicyclic) bond motifs is 1. The molecule has 0 radical (unpaired) electrons. The van der Waals surface area contributed by atoms with Gasteiger partial charge in [0.2, 0.25) is 0 Å². The predicted octanol–water partition coefficient (Wildman–Crippen LogP) is 6.06. The normalized spacial score (nSPS) is 11.6. The summed E-state index contributed by atoms with van der Waals surface area (Å²) in [5.74, 6) is -1.85. The van der Waals surface area contributed by atoms with E-state index in [0.29, 0.717) is 33.8 Å². The van der Waals surface area contributed by atoms with Crippen molar-refractivity contribution < 1.29 is 17.2 Å². The number of nitrogens with zero attached hydrogens (tertiary/aromatic N) is 3. The molecule has 0 aliphatic carbocycles. The standard InChI is InChI=1S/C25H18F2N4O2S2/c1-15-18(14-35(32,33)23-7-6-19(26)12-20(23)27)10-17(13-29-15)16-8-9-28-24(11-16)31-25-30-21-4-2-3-5-22(21)34-25/h2-13H,14H2,1H3,(H,28,30,31). The number of benzene rings is 2. The largest absolute Gasteiger partial charge is 0.316 e. The van der Waals surface area contributed by atoms with E-state index in [1.165, 1.54) is 11.3 Å². The number of thiazole rings is 1. The molecule has 10 heteroatoms. The minimum Gasteiger partial charge on any atom is -0.316 e. The quantitative estimate of drug-likeness (QED) is 0.281. The molecule has 0 fully saturated rings. The molecule has 2 aromatic carbocycles. The fourth-order valence-corrected chi connectivity index (χ4v) is 5.97. The van der Waals surface area contributed by atoms with Gasteiger partial charge in [-0.3, -0.25) is 4.98 Å². The van der Waals surface area contributed by atoms with Gasteiger partial charge in [0.25, 0.3) is 0 Å². The lowest BCUT2D eigenvalue weighted by atomic mass is 10.1.